The van der Waals surface area contributed by atoms with Crippen LogP contribution in [0, 0.1) is 18.8 Å². The normalized spacial score (nSPS) is 28.1. The minimum atomic E-state index is 0.588. The van der Waals surface area contributed by atoms with Crippen LogP contribution in [0.25, 0.3) is 0 Å². The van der Waals surface area contributed by atoms with Gasteiger partial charge in [-0.05, 0) is 56.1 Å². The Morgan fingerprint density at radius 2 is 2.06 bits per heavy atom. The van der Waals surface area contributed by atoms with Gasteiger partial charge >= 0.3 is 0 Å². The second-order valence-electron chi connectivity index (χ2n) is 5.96. The van der Waals surface area contributed by atoms with Crippen LogP contribution in [-0.4, -0.2) is 11.0 Å². The van der Waals surface area contributed by atoms with Crippen LogP contribution >= 0.6 is 11.6 Å². The van der Waals surface area contributed by atoms with E-state index in [9.17, 15) is 0 Å². The van der Waals surface area contributed by atoms with Gasteiger partial charge in [0.2, 0.25) is 0 Å². The molecule has 3 heteroatoms. The highest BCUT2D eigenvalue weighted by molar-refractivity contribution is 6.31. The van der Waals surface area contributed by atoms with Gasteiger partial charge in [-0.25, -0.2) is 4.98 Å². The lowest BCUT2D eigenvalue weighted by molar-refractivity contribution is 0.303. The first-order chi connectivity index (χ1) is 8.72. The molecule has 2 aliphatic rings. The topological polar surface area (TPSA) is 24.9 Å². The molecule has 1 aromatic heterocycles. The average Bonchev–Trinajstić information content (AvgIpc) is 3.18. The van der Waals surface area contributed by atoms with Crippen LogP contribution in [0.2, 0.25) is 5.15 Å². The fraction of sp³-hybridized carbons (Fsp3) is 0.667. The van der Waals surface area contributed by atoms with Crippen molar-refractivity contribution < 1.29 is 0 Å². The molecule has 0 spiro atoms. The molecule has 0 aromatic carbocycles. The van der Waals surface area contributed by atoms with Gasteiger partial charge in [-0.3, -0.25) is 0 Å². The van der Waals surface area contributed by atoms with Gasteiger partial charge in [0.15, 0.2) is 5.15 Å². The number of aryl methyl sites for hydroxylation is 1. The van der Waals surface area contributed by atoms with Crippen LogP contribution < -0.4 is 5.32 Å². The number of pyridine rings is 1. The van der Waals surface area contributed by atoms with Gasteiger partial charge in [0, 0.05) is 12.2 Å². The van der Waals surface area contributed by atoms with Gasteiger partial charge < -0.3 is 5.32 Å². The van der Waals surface area contributed by atoms with Crippen molar-refractivity contribution in [3.63, 3.8) is 0 Å². The molecule has 1 heterocycles. The summed E-state index contributed by atoms with van der Waals surface area (Å²) in [6.45, 7) is 2.06. The van der Waals surface area contributed by atoms with Crippen molar-refractivity contribution in [1.82, 2.24) is 4.98 Å². The smallest absolute Gasteiger partial charge is 0.152 e. The molecule has 2 atom stereocenters. The molecule has 2 fully saturated rings. The number of hydrogen-bond acceptors (Lipinski definition) is 2. The van der Waals surface area contributed by atoms with Crippen LogP contribution in [0.4, 0.5) is 5.69 Å². The standard InChI is InChI=1S/C15H21ClN2/c1-10-7-14(15(16)17-9-10)18-13-4-2-3-12(8-13)11-5-6-11/h7,9,11-13,18H,2-6,8H2,1H3. The molecule has 2 unspecified atom stereocenters. The second-order valence-corrected chi connectivity index (χ2v) is 6.31. The predicted molar refractivity (Wildman–Crippen MR) is 76.1 cm³/mol. The molecular formula is C15H21ClN2. The van der Waals surface area contributed by atoms with Crippen LogP contribution in [0.1, 0.15) is 44.1 Å². The first kappa shape index (κ1) is 12.3. The first-order valence-corrected chi connectivity index (χ1v) is 7.49. The summed E-state index contributed by atoms with van der Waals surface area (Å²) in [5, 5.41) is 4.21. The fourth-order valence-corrected chi connectivity index (χ4v) is 3.39. The highest BCUT2D eigenvalue weighted by Crippen LogP contribution is 2.44. The quantitative estimate of drug-likeness (QED) is 0.818. The largest absolute Gasteiger partial charge is 0.380 e. The molecule has 98 valence electrons. The summed E-state index contributed by atoms with van der Waals surface area (Å²) in [5.41, 5.74) is 2.18. The fourth-order valence-electron chi connectivity index (χ4n) is 3.23. The van der Waals surface area contributed by atoms with Crippen molar-refractivity contribution >= 4 is 17.3 Å². The lowest BCUT2D eigenvalue weighted by Crippen LogP contribution is -2.28. The minimum Gasteiger partial charge on any atom is -0.380 e. The Bertz CT molecular complexity index is 429. The Morgan fingerprint density at radius 3 is 2.83 bits per heavy atom. The number of nitrogens with zero attached hydrogens (tertiary/aromatic N) is 1. The Hall–Kier alpha value is -0.760. The maximum Gasteiger partial charge on any atom is 0.152 e. The van der Waals surface area contributed by atoms with Gasteiger partial charge in [-0.15, -0.1) is 0 Å². The third-order valence-corrected chi connectivity index (χ3v) is 4.64. The van der Waals surface area contributed by atoms with Crippen LogP contribution in [0.15, 0.2) is 12.3 Å². The molecule has 18 heavy (non-hydrogen) atoms. The first-order valence-electron chi connectivity index (χ1n) is 7.11. The number of nitrogens with one attached hydrogen (secondary N) is 1. The third kappa shape index (κ3) is 2.80. The van der Waals surface area contributed by atoms with Gasteiger partial charge in [-0.2, -0.15) is 0 Å². The Labute approximate surface area is 114 Å². The molecule has 0 bridgehead atoms. The summed E-state index contributed by atoms with van der Waals surface area (Å²) >= 11 is 6.15. The molecule has 2 saturated carbocycles. The molecular weight excluding hydrogens is 244 g/mol. The zero-order valence-corrected chi connectivity index (χ0v) is 11.7. The molecule has 0 amide bonds. The minimum absolute atomic E-state index is 0.588. The highest BCUT2D eigenvalue weighted by atomic mass is 35.5. The molecule has 0 radical (unpaired) electrons. The Morgan fingerprint density at radius 1 is 1.22 bits per heavy atom. The molecule has 2 aliphatic carbocycles. The molecule has 0 aliphatic heterocycles. The third-order valence-electron chi connectivity index (χ3n) is 4.34. The van der Waals surface area contributed by atoms with Crippen molar-refractivity contribution in [2.45, 2.75) is 51.5 Å². The van der Waals surface area contributed by atoms with E-state index < -0.39 is 0 Å². The number of anilines is 1. The number of aromatic nitrogens is 1. The zero-order valence-electron chi connectivity index (χ0n) is 11.0. The lowest BCUT2D eigenvalue weighted by Gasteiger charge is -2.30. The predicted octanol–water partition coefficient (Wildman–Crippen LogP) is 4.42. The summed E-state index contributed by atoms with van der Waals surface area (Å²) in [6, 6.07) is 2.70. The van der Waals surface area contributed by atoms with Gasteiger partial charge in [0.1, 0.15) is 0 Å². The number of rotatable bonds is 3. The lowest BCUT2D eigenvalue weighted by atomic mass is 9.82. The summed E-state index contributed by atoms with van der Waals surface area (Å²) in [4.78, 5) is 4.21. The van der Waals surface area contributed by atoms with Crippen molar-refractivity contribution in [2.75, 3.05) is 5.32 Å². The summed E-state index contributed by atoms with van der Waals surface area (Å²) in [5.74, 6) is 1.98. The second kappa shape index (κ2) is 5.08. The maximum absolute atomic E-state index is 6.15. The molecule has 1 aromatic rings. The van der Waals surface area contributed by atoms with Crippen LogP contribution in [0.3, 0.4) is 0 Å². The van der Waals surface area contributed by atoms with E-state index in [1.165, 1.54) is 38.5 Å². The van der Waals surface area contributed by atoms with E-state index >= 15 is 0 Å². The van der Waals surface area contributed by atoms with Gasteiger partial charge in [0.25, 0.3) is 0 Å². The Kier molecular flexibility index (Phi) is 3.47. The summed E-state index contributed by atoms with van der Waals surface area (Å²) in [6.07, 6.45) is 10.1. The monoisotopic (exact) mass is 264 g/mol. The van der Waals surface area contributed by atoms with E-state index in [2.05, 4.69) is 23.3 Å². The number of halogens is 1. The summed E-state index contributed by atoms with van der Waals surface area (Å²) in [7, 11) is 0. The van der Waals surface area contributed by atoms with Crippen molar-refractivity contribution in [3.8, 4) is 0 Å². The van der Waals surface area contributed by atoms with Gasteiger partial charge in [-0.1, -0.05) is 24.4 Å². The van der Waals surface area contributed by atoms with Crippen molar-refractivity contribution in [2.24, 2.45) is 11.8 Å². The van der Waals surface area contributed by atoms with E-state index in [1.54, 1.807) is 0 Å². The zero-order chi connectivity index (χ0) is 12.5. The van der Waals surface area contributed by atoms with E-state index in [0.29, 0.717) is 11.2 Å². The molecule has 3 rings (SSSR count). The Balaban J connectivity index is 1.65. The number of hydrogen-bond donors (Lipinski definition) is 1. The molecule has 0 saturated heterocycles. The SMILES string of the molecule is Cc1cnc(Cl)c(NC2CCCC(C3CC3)C2)c1. The van der Waals surface area contributed by atoms with Crippen LogP contribution in [-0.2, 0) is 0 Å². The molecule has 2 nitrogen and oxygen atoms in total. The van der Waals surface area contributed by atoms with E-state index in [4.69, 9.17) is 11.6 Å². The molecule has 1 N–H and O–H groups in total. The van der Waals surface area contributed by atoms with Gasteiger partial charge in [0.05, 0.1) is 5.69 Å². The van der Waals surface area contributed by atoms with E-state index in [-0.39, 0.29) is 0 Å². The van der Waals surface area contributed by atoms with E-state index in [0.717, 1.165) is 23.1 Å². The van der Waals surface area contributed by atoms with Crippen molar-refractivity contribution in [3.05, 3.63) is 23.0 Å². The average molecular weight is 265 g/mol. The van der Waals surface area contributed by atoms with Crippen molar-refractivity contribution in [1.29, 1.82) is 0 Å². The van der Waals surface area contributed by atoms with Crippen LogP contribution in [0.5, 0.6) is 0 Å². The summed E-state index contributed by atoms with van der Waals surface area (Å²) < 4.78 is 0. The highest BCUT2D eigenvalue weighted by Gasteiger charge is 2.34. The van der Waals surface area contributed by atoms with E-state index in [1.807, 2.05) is 6.20 Å². The maximum atomic E-state index is 6.15.